The predicted octanol–water partition coefficient (Wildman–Crippen LogP) is 1.42. The largest absolute Gasteiger partial charge is 0.392 e. The summed E-state index contributed by atoms with van der Waals surface area (Å²) < 4.78 is 0. The van der Waals surface area contributed by atoms with Crippen LogP contribution >= 0.6 is 0 Å². The molecule has 66 valence electrons. The van der Waals surface area contributed by atoms with Gasteiger partial charge in [0.25, 0.3) is 0 Å². The highest BCUT2D eigenvalue weighted by atomic mass is 16.3. The van der Waals surface area contributed by atoms with E-state index in [1.807, 2.05) is 0 Å². The van der Waals surface area contributed by atoms with Gasteiger partial charge in [0.1, 0.15) is 0 Å². The summed E-state index contributed by atoms with van der Waals surface area (Å²) in [5.74, 6) is 0. The molecule has 0 aromatic carbocycles. The van der Waals surface area contributed by atoms with Crippen molar-refractivity contribution in [1.29, 1.82) is 0 Å². The topological polar surface area (TPSA) is 46.2 Å². The lowest BCUT2D eigenvalue weighted by atomic mass is 10.0. The zero-order valence-corrected chi connectivity index (χ0v) is 7.13. The Kier molecular flexibility index (Phi) is 3.87. The second-order valence-corrected chi connectivity index (χ2v) is 3.58. The Bertz CT molecular complexity index is 93.7. The van der Waals surface area contributed by atoms with Crippen LogP contribution in [0.25, 0.3) is 0 Å². The van der Waals surface area contributed by atoms with Crippen LogP contribution < -0.4 is 5.73 Å². The van der Waals surface area contributed by atoms with E-state index < -0.39 is 0 Å². The average Bonchev–Trinajstić information content (AvgIpc) is 2.07. The maximum absolute atomic E-state index is 9.48. The Labute approximate surface area is 68.8 Å². The van der Waals surface area contributed by atoms with E-state index in [4.69, 9.17) is 5.73 Å². The Hall–Kier alpha value is -0.0800. The monoisotopic (exact) mass is 157 g/mol. The van der Waals surface area contributed by atoms with Gasteiger partial charge in [-0.2, -0.15) is 0 Å². The van der Waals surface area contributed by atoms with E-state index in [1.54, 1.807) is 0 Å². The minimum Gasteiger partial charge on any atom is -0.392 e. The Morgan fingerprint density at radius 3 is 2.18 bits per heavy atom. The number of hydrogen-bond acceptors (Lipinski definition) is 2. The van der Waals surface area contributed by atoms with Gasteiger partial charge in [0, 0.05) is 6.04 Å². The molecule has 1 aliphatic rings. The standard InChI is InChI=1S/C9H19NO/c10-8-6-4-2-1-3-5-7-9(8)11/h8-9,11H,1-7,10H2. The summed E-state index contributed by atoms with van der Waals surface area (Å²) in [6.07, 6.45) is 7.88. The third-order valence-corrected chi connectivity index (χ3v) is 2.53. The first-order chi connectivity index (χ1) is 5.30. The van der Waals surface area contributed by atoms with E-state index in [1.165, 1.54) is 25.7 Å². The van der Waals surface area contributed by atoms with Gasteiger partial charge in [-0.05, 0) is 12.8 Å². The fourth-order valence-corrected chi connectivity index (χ4v) is 1.67. The molecule has 0 radical (unpaired) electrons. The molecule has 0 spiro atoms. The molecule has 1 saturated carbocycles. The molecule has 0 aromatic heterocycles. The van der Waals surface area contributed by atoms with Crippen molar-refractivity contribution < 1.29 is 5.11 Å². The summed E-state index contributed by atoms with van der Waals surface area (Å²) in [4.78, 5) is 0. The van der Waals surface area contributed by atoms with E-state index in [-0.39, 0.29) is 12.1 Å². The smallest absolute Gasteiger partial charge is 0.0691 e. The highest BCUT2D eigenvalue weighted by molar-refractivity contribution is 4.73. The van der Waals surface area contributed by atoms with Crippen LogP contribution in [0.5, 0.6) is 0 Å². The Morgan fingerprint density at radius 2 is 1.45 bits per heavy atom. The van der Waals surface area contributed by atoms with Gasteiger partial charge < -0.3 is 10.8 Å². The van der Waals surface area contributed by atoms with Crippen molar-refractivity contribution in [2.24, 2.45) is 5.73 Å². The third-order valence-electron chi connectivity index (χ3n) is 2.53. The van der Waals surface area contributed by atoms with Crippen LogP contribution in [-0.2, 0) is 0 Å². The predicted molar refractivity (Wildman–Crippen MR) is 46.3 cm³/mol. The van der Waals surface area contributed by atoms with Crippen molar-refractivity contribution in [1.82, 2.24) is 0 Å². The van der Waals surface area contributed by atoms with Crippen molar-refractivity contribution in [3.63, 3.8) is 0 Å². The zero-order valence-electron chi connectivity index (χ0n) is 7.13. The van der Waals surface area contributed by atoms with E-state index in [2.05, 4.69) is 0 Å². The molecule has 2 heteroatoms. The molecule has 1 fully saturated rings. The maximum atomic E-state index is 9.48. The van der Waals surface area contributed by atoms with E-state index in [0.717, 1.165) is 19.3 Å². The highest BCUT2D eigenvalue weighted by Gasteiger charge is 2.14. The molecular weight excluding hydrogens is 138 g/mol. The van der Waals surface area contributed by atoms with Crippen LogP contribution in [0.3, 0.4) is 0 Å². The Morgan fingerprint density at radius 1 is 0.909 bits per heavy atom. The SMILES string of the molecule is NC1CCCCCCCC1O. The van der Waals surface area contributed by atoms with Crippen molar-refractivity contribution in [2.75, 3.05) is 0 Å². The molecule has 0 aromatic rings. The molecule has 1 aliphatic carbocycles. The molecular formula is C9H19NO. The van der Waals surface area contributed by atoms with Crippen molar-refractivity contribution >= 4 is 0 Å². The Balaban J connectivity index is 2.29. The maximum Gasteiger partial charge on any atom is 0.0691 e. The fraction of sp³-hybridized carbons (Fsp3) is 1.00. The van der Waals surface area contributed by atoms with Gasteiger partial charge in [0.2, 0.25) is 0 Å². The first-order valence-electron chi connectivity index (χ1n) is 4.74. The van der Waals surface area contributed by atoms with Crippen LogP contribution in [0.1, 0.15) is 44.9 Å². The summed E-state index contributed by atoms with van der Waals surface area (Å²) >= 11 is 0. The molecule has 0 amide bonds. The number of nitrogens with two attached hydrogens (primary N) is 1. The molecule has 0 heterocycles. The molecule has 3 N–H and O–H groups in total. The summed E-state index contributed by atoms with van der Waals surface area (Å²) in [5.41, 5.74) is 5.77. The minimum absolute atomic E-state index is 0.0353. The normalized spacial score (nSPS) is 35.5. The quantitative estimate of drug-likeness (QED) is 0.558. The number of hydrogen-bond donors (Lipinski definition) is 2. The van der Waals surface area contributed by atoms with Crippen LogP contribution in [-0.4, -0.2) is 17.3 Å². The van der Waals surface area contributed by atoms with Gasteiger partial charge >= 0.3 is 0 Å². The van der Waals surface area contributed by atoms with Gasteiger partial charge in [-0.25, -0.2) is 0 Å². The molecule has 2 unspecified atom stereocenters. The van der Waals surface area contributed by atoms with E-state index in [0.29, 0.717) is 0 Å². The van der Waals surface area contributed by atoms with Crippen molar-refractivity contribution in [2.45, 2.75) is 57.1 Å². The second-order valence-electron chi connectivity index (χ2n) is 3.58. The second kappa shape index (κ2) is 4.73. The first-order valence-corrected chi connectivity index (χ1v) is 4.74. The average molecular weight is 157 g/mol. The molecule has 2 nitrogen and oxygen atoms in total. The molecule has 0 bridgehead atoms. The number of aliphatic hydroxyl groups is 1. The third kappa shape index (κ3) is 3.21. The van der Waals surface area contributed by atoms with Gasteiger partial charge in [-0.3, -0.25) is 0 Å². The van der Waals surface area contributed by atoms with Gasteiger partial charge in [-0.1, -0.05) is 32.1 Å². The number of aliphatic hydroxyl groups excluding tert-OH is 1. The molecule has 0 aliphatic heterocycles. The fourth-order valence-electron chi connectivity index (χ4n) is 1.67. The lowest BCUT2D eigenvalue weighted by Crippen LogP contribution is -2.34. The van der Waals surface area contributed by atoms with E-state index in [9.17, 15) is 5.11 Å². The van der Waals surface area contributed by atoms with Crippen molar-refractivity contribution in [3.05, 3.63) is 0 Å². The van der Waals surface area contributed by atoms with Crippen LogP contribution in [0.15, 0.2) is 0 Å². The van der Waals surface area contributed by atoms with Gasteiger partial charge in [-0.15, -0.1) is 0 Å². The molecule has 1 rings (SSSR count). The molecule has 0 saturated heterocycles. The summed E-state index contributed by atoms with van der Waals surface area (Å²) in [5, 5.41) is 9.48. The molecule has 11 heavy (non-hydrogen) atoms. The highest BCUT2D eigenvalue weighted by Crippen LogP contribution is 2.15. The van der Waals surface area contributed by atoms with Gasteiger partial charge in [0.05, 0.1) is 6.10 Å². The zero-order chi connectivity index (χ0) is 8.10. The number of rotatable bonds is 0. The molecule has 2 atom stereocenters. The first kappa shape index (κ1) is 9.01. The van der Waals surface area contributed by atoms with Crippen molar-refractivity contribution in [3.8, 4) is 0 Å². The summed E-state index contributed by atoms with van der Waals surface area (Å²) in [6, 6.07) is 0.0353. The summed E-state index contributed by atoms with van der Waals surface area (Å²) in [7, 11) is 0. The van der Waals surface area contributed by atoms with Gasteiger partial charge in [0.15, 0.2) is 0 Å². The summed E-state index contributed by atoms with van der Waals surface area (Å²) in [6.45, 7) is 0. The van der Waals surface area contributed by atoms with Crippen LogP contribution in [0, 0.1) is 0 Å². The lowest BCUT2D eigenvalue weighted by molar-refractivity contribution is 0.129. The van der Waals surface area contributed by atoms with Crippen LogP contribution in [0.2, 0.25) is 0 Å². The van der Waals surface area contributed by atoms with Crippen LogP contribution in [0.4, 0.5) is 0 Å². The van der Waals surface area contributed by atoms with E-state index >= 15 is 0 Å². The lowest BCUT2D eigenvalue weighted by Gasteiger charge is -2.16. The minimum atomic E-state index is -0.243.